The van der Waals surface area contributed by atoms with Gasteiger partial charge < -0.3 is 4.98 Å². The summed E-state index contributed by atoms with van der Waals surface area (Å²) in [4.78, 5) is 18.5. The largest absolute Gasteiger partial charge is 0.321 e. The molecule has 4 rings (SSSR count). The van der Waals surface area contributed by atoms with E-state index in [4.69, 9.17) is 0 Å². The number of tetrazole rings is 1. The third-order valence-corrected chi connectivity index (χ3v) is 6.30. The van der Waals surface area contributed by atoms with E-state index >= 15 is 0 Å². The van der Waals surface area contributed by atoms with Gasteiger partial charge in [0.05, 0.1) is 17.1 Å². The molecule has 178 valence electrons. The van der Waals surface area contributed by atoms with Crippen LogP contribution in [0.25, 0.3) is 10.9 Å². The van der Waals surface area contributed by atoms with Gasteiger partial charge in [-0.3, -0.25) is 9.69 Å². The molecule has 0 aliphatic heterocycles. The first-order chi connectivity index (χ1) is 16.2. The highest BCUT2D eigenvalue weighted by Gasteiger charge is 2.29. The average Bonchev–Trinajstić information content (AvgIpc) is 3.27. The predicted molar refractivity (Wildman–Crippen MR) is 136 cm³/mol. The zero-order valence-electron chi connectivity index (χ0n) is 21.0. The summed E-state index contributed by atoms with van der Waals surface area (Å²) in [5, 5.41) is 13.8. The fourth-order valence-electron chi connectivity index (χ4n) is 4.45. The smallest absolute Gasteiger partial charge is 0.252 e. The second-order valence-electron chi connectivity index (χ2n) is 10.1. The lowest BCUT2D eigenvalue weighted by molar-refractivity contribution is 0.153. The highest BCUT2D eigenvalue weighted by Crippen LogP contribution is 2.29. The lowest BCUT2D eigenvalue weighted by atomic mass is 10.0. The van der Waals surface area contributed by atoms with E-state index in [1.54, 1.807) is 0 Å². The first kappa shape index (κ1) is 23.8. The van der Waals surface area contributed by atoms with Crippen molar-refractivity contribution < 1.29 is 0 Å². The summed E-state index contributed by atoms with van der Waals surface area (Å²) in [7, 11) is 0. The number of H-pyrrole nitrogens is 1. The molecule has 0 saturated heterocycles. The van der Waals surface area contributed by atoms with Crippen LogP contribution in [0, 0.1) is 13.8 Å². The van der Waals surface area contributed by atoms with E-state index in [0.717, 1.165) is 34.3 Å². The summed E-state index contributed by atoms with van der Waals surface area (Å²) in [6.07, 6.45) is 0.812. The van der Waals surface area contributed by atoms with Gasteiger partial charge in [-0.1, -0.05) is 55.0 Å². The molecule has 7 heteroatoms. The van der Waals surface area contributed by atoms with E-state index in [1.165, 1.54) is 11.1 Å². The van der Waals surface area contributed by atoms with Crippen LogP contribution in [0.2, 0.25) is 0 Å². The Bertz CT molecular complexity index is 1330. The minimum Gasteiger partial charge on any atom is -0.321 e. The number of hydrogen-bond acceptors (Lipinski definition) is 5. The summed E-state index contributed by atoms with van der Waals surface area (Å²) in [6, 6.07) is 16.6. The predicted octanol–water partition coefficient (Wildman–Crippen LogP) is 5.04. The molecule has 7 nitrogen and oxygen atoms in total. The molecule has 0 saturated carbocycles. The van der Waals surface area contributed by atoms with Gasteiger partial charge >= 0.3 is 0 Å². The van der Waals surface area contributed by atoms with Gasteiger partial charge in [0.15, 0.2) is 5.82 Å². The standard InChI is InChI=1S/C27H34N6O/c1-7-23(25-29-30-31-33(25)27(4,5)6)32(16-20-13-11-18(2)12-14-20)17-22-15-21-10-8-9-19(3)24(21)28-26(22)34/h8-15,23H,7,16-17H2,1-6H3,(H,28,34). The zero-order valence-corrected chi connectivity index (χ0v) is 21.0. The number of pyridine rings is 1. The van der Waals surface area contributed by atoms with Crippen molar-refractivity contribution in [1.82, 2.24) is 30.1 Å². The van der Waals surface area contributed by atoms with Gasteiger partial charge in [-0.05, 0) is 74.0 Å². The summed E-state index contributed by atoms with van der Waals surface area (Å²) in [6.45, 7) is 13.7. The lowest BCUT2D eigenvalue weighted by Gasteiger charge is -2.32. The fraction of sp³-hybridized carbons (Fsp3) is 0.407. The number of nitrogens with one attached hydrogen (secondary N) is 1. The molecule has 1 N–H and O–H groups in total. The van der Waals surface area contributed by atoms with E-state index in [1.807, 2.05) is 35.9 Å². The van der Waals surface area contributed by atoms with Crippen molar-refractivity contribution in [2.45, 2.75) is 72.6 Å². The Labute approximate surface area is 200 Å². The Balaban J connectivity index is 1.77. The van der Waals surface area contributed by atoms with Gasteiger partial charge in [0.25, 0.3) is 5.56 Å². The van der Waals surface area contributed by atoms with E-state index in [-0.39, 0.29) is 17.1 Å². The second kappa shape index (κ2) is 9.50. The molecular weight excluding hydrogens is 424 g/mol. The third-order valence-electron chi connectivity index (χ3n) is 6.30. The topological polar surface area (TPSA) is 79.7 Å². The molecule has 2 aromatic carbocycles. The molecule has 0 spiro atoms. The van der Waals surface area contributed by atoms with E-state index in [0.29, 0.717) is 13.1 Å². The fourth-order valence-corrected chi connectivity index (χ4v) is 4.45. The molecule has 0 aliphatic carbocycles. The van der Waals surface area contributed by atoms with E-state index in [9.17, 15) is 4.79 Å². The molecular formula is C27H34N6O. The molecule has 2 heterocycles. The summed E-state index contributed by atoms with van der Waals surface area (Å²) >= 11 is 0. The Kier molecular flexibility index (Phi) is 6.66. The first-order valence-corrected chi connectivity index (χ1v) is 11.9. The van der Waals surface area contributed by atoms with Crippen molar-refractivity contribution in [3.05, 3.63) is 87.0 Å². The Hall–Kier alpha value is -3.32. The molecule has 0 amide bonds. The second-order valence-corrected chi connectivity index (χ2v) is 10.1. The van der Waals surface area contributed by atoms with Crippen LogP contribution in [0.3, 0.4) is 0 Å². The van der Waals surface area contributed by atoms with Crippen LogP contribution in [0.4, 0.5) is 0 Å². The minimum atomic E-state index is -0.250. The van der Waals surface area contributed by atoms with E-state index < -0.39 is 0 Å². The van der Waals surface area contributed by atoms with Crippen LogP contribution >= 0.6 is 0 Å². The normalized spacial score (nSPS) is 13.0. The molecule has 0 bridgehead atoms. The van der Waals surface area contributed by atoms with Crippen LogP contribution in [0.1, 0.15) is 68.2 Å². The van der Waals surface area contributed by atoms with Crippen LogP contribution in [-0.2, 0) is 18.6 Å². The maximum Gasteiger partial charge on any atom is 0.252 e. The number of benzene rings is 2. The van der Waals surface area contributed by atoms with Gasteiger partial charge in [0.1, 0.15) is 0 Å². The number of nitrogens with zero attached hydrogens (tertiary/aromatic N) is 5. The molecule has 0 aliphatic rings. The maximum atomic E-state index is 13.1. The Morgan fingerprint density at radius 1 is 1.06 bits per heavy atom. The van der Waals surface area contributed by atoms with Crippen molar-refractivity contribution in [1.29, 1.82) is 0 Å². The lowest BCUT2D eigenvalue weighted by Crippen LogP contribution is -2.35. The quantitative estimate of drug-likeness (QED) is 0.420. The van der Waals surface area contributed by atoms with Crippen molar-refractivity contribution in [3.8, 4) is 0 Å². The number of rotatable bonds is 7. The van der Waals surface area contributed by atoms with Crippen LogP contribution in [0.15, 0.2) is 53.3 Å². The highest BCUT2D eigenvalue weighted by molar-refractivity contribution is 5.81. The molecule has 2 aromatic heterocycles. The third kappa shape index (κ3) is 4.94. The van der Waals surface area contributed by atoms with Crippen molar-refractivity contribution in [2.75, 3.05) is 0 Å². The Morgan fingerprint density at radius 2 is 1.79 bits per heavy atom. The SMILES string of the molecule is CCC(c1nnnn1C(C)(C)C)N(Cc1ccc(C)cc1)Cc1cc2cccc(C)c2[nH]c1=O. The summed E-state index contributed by atoms with van der Waals surface area (Å²) in [5.74, 6) is 0.815. The van der Waals surface area contributed by atoms with Crippen LogP contribution < -0.4 is 5.56 Å². The molecule has 0 radical (unpaired) electrons. The van der Waals surface area contributed by atoms with Gasteiger partial charge in [0.2, 0.25) is 0 Å². The van der Waals surface area contributed by atoms with Gasteiger partial charge in [-0.2, -0.15) is 0 Å². The Morgan fingerprint density at radius 3 is 2.47 bits per heavy atom. The van der Waals surface area contributed by atoms with Crippen LogP contribution in [0.5, 0.6) is 0 Å². The van der Waals surface area contributed by atoms with Crippen molar-refractivity contribution in [2.24, 2.45) is 0 Å². The molecule has 1 unspecified atom stereocenters. The molecule has 1 atom stereocenters. The van der Waals surface area contributed by atoms with Crippen LogP contribution in [-0.4, -0.2) is 30.1 Å². The maximum absolute atomic E-state index is 13.1. The van der Waals surface area contributed by atoms with Gasteiger partial charge in [-0.15, -0.1) is 5.10 Å². The van der Waals surface area contributed by atoms with Crippen molar-refractivity contribution in [3.63, 3.8) is 0 Å². The summed E-state index contributed by atoms with van der Waals surface area (Å²) in [5.41, 5.74) is 4.80. The number of fused-ring (bicyclic) bond motifs is 1. The molecule has 4 aromatic rings. The van der Waals surface area contributed by atoms with E-state index in [2.05, 4.69) is 84.3 Å². The average molecular weight is 459 g/mol. The van der Waals surface area contributed by atoms with Crippen molar-refractivity contribution >= 4 is 10.9 Å². The van der Waals surface area contributed by atoms with Gasteiger partial charge in [-0.25, -0.2) is 4.68 Å². The highest BCUT2D eigenvalue weighted by atomic mass is 16.1. The van der Waals surface area contributed by atoms with Gasteiger partial charge in [0, 0.05) is 18.7 Å². The molecule has 34 heavy (non-hydrogen) atoms. The number of hydrogen-bond donors (Lipinski definition) is 1. The number of para-hydroxylation sites is 1. The minimum absolute atomic E-state index is 0.0527. The number of aromatic amines is 1. The monoisotopic (exact) mass is 458 g/mol. The first-order valence-electron chi connectivity index (χ1n) is 11.9. The number of aryl methyl sites for hydroxylation is 2. The summed E-state index contributed by atoms with van der Waals surface area (Å²) < 4.78 is 1.90. The molecule has 0 fully saturated rings. The zero-order chi connectivity index (χ0) is 24.5. The number of aromatic nitrogens is 5.